The summed E-state index contributed by atoms with van der Waals surface area (Å²) in [6, 6.07) is 0. The molecule has 6 nitrogen and oxygen atoms in total. The molecule has 1 heterocycles. The Morgan fingerprint density at radius 3 is 2.70 bits per heavy atom. The van der Waals surface area contributed by atoms with Gasteiger partial charge in [0.05, 0.1) is 5.75 Å². The average Bonchev–Trinajstić information content (AvgIpc) is 2.39. The van der Waals surface area contributed by atoms with Crippen molar-refractivity contribution in [1.29, 1.82) is 0 Å². The molecule has 1 fully saturated rings. The predicted molar refractivity (Wildman–Crippen MR) is 79.9 cm³/mol. The van der Waals surface area contributed by atoms with Crippen LogP contribution >= 0.6 is 0 Å². The molecule has 0 spiro atoms. The molecule has 1 aliphatic rings. The van der Waals surface area contributed by atoms with E-state index in [-0.39, 0.29) is 18.2 Å². The van der Waals surface area contributed by atoms with Crippen molar-refractivity contribution in [1.82, 2.24) is 14.9 Å². The summed E-state index contributed by atoms with van der Waals surface area (Å²) in [6.45, 7) is 4.31. The van der Waals surface area contributed by atoms with Gasteiger partial charge in [0.15, 0.2) is 0 Å². The molecule has 0 radical (unpaired) electrons. The van der Waals surface area contributed by atoms with E-state index in [0.29, 0.717) is 18.3 Å². The van der Waals surface area contributed by atoms with Crippen LogP contribution in [-0.2, 0) is 14.8 Å². The van der Waals surface area contributed by atoms with Crippen molar-refractivity contribution in [3.05, 3.63) is 0 Å². The van der Waals surface area contributed by atoms with Gasteiger partial charge in [-0.05, 0) is 37.8 Å². The van der Waals surface area contributed by atoms with E-state index in [9.17, 15) is 13.2 Å². The van der Waals surface area contributed by atoms with Crippen molar-refractivity contribution in [3.63, 3.8) is 0 Å². The summed E-state index contributed by atoms with van der Waals surface area (Å²) >= 11 is 0. The van der Waals surface area contributed by atoms with Gasteiger partial charge >= 0.3 is 0 Å². The number of carbonyl (C=O) groups excluding carboxylic acids is 1. The molecular weight excluding hydrogens is 278 g/mol. The maximum Gasteiger partial charge on any atom is 0.220 e. The van der Waals surface area contributed by atoms with Gasteiger partial charge in [0.2, 0.25) is 15.9 Å². The van der Waals surface area contributed by atoms with Crippen molar-refractivity contribution in [3.8, 4) is 0 Å². The monoisotopic (exact) mass is 305 g/mol. The average molecular weight is 305 g/mol. The minimum atomic E-state index is -3.23. The summed E-state index contributed by atoms with van der Waals surface area (Å²) in [5.41, 5.74) is 0. The minimum Gasteiger partial charge on any atom is -0.355 e. The molecule has 2 N–H and O–H groups in total. The molecule has 0 aliphatic carbocycles. The number of hydrogen-bond donors (Lipinski definition) is 2. The van der Waals surface area contributed by atoms with Crippen molar-refractivity contribution in [2.24, 2.45) is 11.8 Å². The largest absolute Gasteiger partial charge is 0.355 e. The Bertz CT molecular complexity index is 403. The van der Waals surface area contributed by atoms with Crippen molar-refractivity contribution >= 4 is 15.9 Å². The summed E-state index contributed by atoms with van der Waals surface area (Å²) in [5.74, 6) is 0.760. The highest BCUT2D eigenvalue weighted by Gasteiger charge is 2.22. The Morgan fingerprint density at radius 2 is 2.15 bits per heavy atom. The topological polar surface area (TPSA) is 78.5 Å². The van der Waals surface area contributed by atoms with E-state index in [0.717, 1.165) is 25.9 Å². The number of sulfonamides is 1. The Morgan fingerprint density at radius 1 is 1.45 bits per heavy atom. The van der Waals surface area contributed by atoms with Gasteiger partial charge in [-0.15, -0.1) is 0 Å². The van der Waals surface area contributed by atoms with Gasteiger partial charge in [-0.25, -0.2) is 12.7 Å². The number of piperidine rings is 1. The number of nitrogens with one attached hydrogen (secondary N) is 2. The normalized spacial score (nSPS) is 21.7. The zero-order chi connectivity index (χ0) is 15.2. The molecular formula is C13H27N3O3S. The summed E-state index contributed by atoms with van der Waals surface area (Å²) in [6.07, 6.45) is 2.79. The SMILES string of the molecule is CC(CC(=O)NCCS(=O)(=O)N(C)C)C1CCCNC1. The molecule has 1 amide bonds. The molecule has 1 aliphatic heterocycles. The van der Waals surface area contributed by atoms with Crippen LogP contribution < -0.4 is 10.6 Å². The van der Waals surface area contributed by atoms with Crippen LogP contribution in [0, 0.1) is 11.8 Å². The third-order valence-corrected chi connectivity index (χ3v) is 5.72. The van der Waals surface area contributed by atoms with E-state index in [1.165, 1.54) is 18.4 Å². The third kappa shape index (κ3) is 5.76. The van der Waals surface area contributed by atoms with Crippen LogP contribution in [0.4, 0.5) is 0 Å². The summed E-state index contributed by atoms with van der Waals surface area (Å²) < 4.78 is 24.3. The first-order chi connectivity index (χ1) is 9.33. The summed E-state index contributed by atoms with van der Waals surface area (Å²) in [7, 11) is -0.244. The maximum absolute atomic E-state index is 11.8. The molecule has 20 heavy (non-hydrogen) atoms. The van der Waals surface area contributed by atoms with E-state index in [4.69, 9.17) is 0 Å². The van der Waals surface area contributed by atoms with Crippen LogP contribution in [-0.4, -0.2) is 58.1 Å². The highest BCUT2D eigenvalue weighted by atomic mass is 32.2. The molecule has 0 bridgehead atoms. The van der Waals surface area contributed by atoms with Gasteiger partial charge in [-0.1, -0.05) is 6.92 Å². The summed E-state index contributed by atoms with van der Waals surface area (Å²) in [5, 5.41) is 6.05. The quantitative estimate of drug-likeness (QED) is 0.695. The van der Waals surface area contributed by atoms with Gasteiger partial charge in [0, 0.05) is 27.1 Å². The highest BCUT2D eigenvalue weighted by molar-refractivity contribution is 7.89. The standard InChI is InChI=1S/C13H27N3O3S/c1-11(12-5-4-6-14-10-12)9-13(17)15-7-8-20(18,19)16(2)3/h11-12,14H,4-10H2,1-3H3,(H,15,17). The number of rotatable bonds is 7. The lowest BCUT2D eigenvalue weighted by atomic mass is 9.85. The Labute approximate surface area is 122 Å². The fourth-order valence-electron chi connectivity index (χ4n) is 2.40. The van der Waals surface area contributed by atoms with Gasteiger partial charge < -0.3 is 10.6 Å². The number of hydrogen-bond acceptors (Lipinski definition) is 4. The fourth-order valence-corrected chi connectivity index (χ4v) is 3.12. The van der Waals surface area contributed by atoms with E-state index < -0.39 is 10.0 Å². The molecule has 0 aromatic rings. The van der Waals surface area contributed by atoms with Gasteiger partial charge in [0.1, 0.15) is 0 Å². The van der Waals surface area contributed by atoms with Crippen molar-refractivity contribution in [2.75, 3.05) is 39.5 Å². The van der Waals surface area contributed by atoms with E-state index >= 15 is 0 Å². The Kier molecular flexibility index (Phi) is 6.91. The lowest BCUT2D eigenvalue weighted by Crippen LogP contribution is -2.37. The Balaban J connectivity index is 2.26. The summed E-state index contributed by atoms with van der Waals surface area (Å²) in [4.78, 5) is 11.8. The van der Waals surface area contributed by atoms with Crippen LogP contribution in [0.1, 0.15) is 26.2 Å². The molecule has 7 heteroatoms. The van der Waals surface area contributed by atoms with Crippen molar-refractivity contribution in [2.45, 2.75) is 26.2 Å². The molecule has 0 aromatic carbocycles. The van der Waals surface area contributed by atoms with E-state index in [1.54, 1.807) is 0 Å². The molecule has 118 valence electrons. The molecule has 2 atom stereocenters. The molecule has 1 saturated heterocycles. The molecule has 0 aromatic heterocycles. The smallest absolute Gasteiger partial charge is 0.220 e. The van der Waals surface area contributed by atoms with Gasteiger partial charge in [-0.2, -0.15) is 0 Å². The van der Waals surface area contributed by atoms with Crippen LogP contribution in [0.5, 0.6) is 0 Å². The second kappa shape index (κ2) is 7.95. The predicted octanol–water partition coefficient (Wildman–Crippen LogP) is 0.0198. The second-order valence-electron chi connectivity index (χ2n) is 5.74. The first-order valence-corrected chi connectivity index (χ1v) is 8.81. The van der Waals surface area contributed by atoms with Gasteiger partial charge in [0.25, 0.3) is 0 Å². The first-order valence-electron chi connectivity index (χ1n) is 7.20. The molecule has 1 rings (SSSR count). The van der Waals surface area contributed by atoms with Crippen LogP contribution in [0.25, 0.3) is 0 Å². The number of carbonyl (C=O) groups is 1. The van der Waals surface area contributed by atoms with Crippen molar-refractivity contribution < 1.29 is 13.2 Å². The highest BCUT2D eigenvalue weighted by Crippen LogP contribution is 2.22. The lowest BCUT2D eigenvalue weighted by molar-refractivity contribution is -0.122. The Hall–Kier alpha value is -0.660. The molecule has 0 saturated carbocycles. The van der Waals surface area contributed by atoms with Crippen LogP contribution in [0.15, 0.2) is 0 Å². The molecule has 2 unspecified atom stereocenters. The maximum atomic E-state index is 11.8. The fraction of sp³-hybridized carbons (Fsp3) is 0.923. The van der Waals surface area contributed by atoms with Crippen LogP contribution in [0.2, 0.25) is 0 Å². The van der Waals surface area contributed by atoms with E-state index in [2.05, 4.69) is 17.6 Å². The minimum absolute atomic E-state index is 0.0505. The number of nitrogens with zero attached hydrogens (tertiary/aromatic N) is 1. The van der Waals surface area contributed by atoms with Gasteiger partial charge in [-0.3, -0.25) is 4.79 Å². The second-order valence-corrected chi connectivity index (χ2v) is 8.04. The first kappa shape index (κ1) is 17.4. The third-order valence-electron chi connectivity index (χ3n) is 3.89. The number of amides is 1. The van der Waals surface area contributed by atoms with E-state index in [1.807, 2.05) is 0 Å². The lowest BCUT2D eigenvalue weighted by Gasteiger charge is -2.28. The van der Waals surface area contributed by atoms with Crippen LogP contribution in [0.3, 0.4) is 0 Å². The zero-order valence-electron chi connectivity index (χ0n) is 12.7. The zero-order valence-corrected chi connectivity index (χ0v) is 13.5.